The predicted molar refractivity (Wildman–Crippen MR) is 71.9 cm³/mol. The van der Waals surface area contributed by atoms with E-state index in [1.807, 2.05) is 13.8 Å². The quantitative estimate of drug-likeness (QED) is 0.870. The first-order valence-electron chi connectivity index (χ1n) is 5.75. The molecule has 1 fully saturated rings. The van der Waals surface area contributed by atoms with Crippen molar-refractivity contribution in [1.29, 1.82) is 0 Å². The van der Waals surface area contributed by atoms with Crippen molar-refractivity contribution in [1.82, 2.24) is 20.2 Å². The highest BCUT2D eigenvalue weighted by atomic mass is 32.2. The minimum atomic E-state index is 0.503. The Morgan fingerprint density at radius 2 is 2.00 bits per heavy atom. The monoisotopic (exact) mass is 279 g/mol. The molecule has 0 radical (unpaired) electrons. The second-order valence-corrected chi connectivity index (χ2v) is 6.78. The van der Waals surface area contributed by atoms with Crippen LogP contribution in [0.25, 0.3) is 0 Å². The van der Waals surface area contributed by atoms with E-state index in [9.17, 15) is 0 Å². The van der Waals surface area contributed by atoms with Crippen LogP contribution >= 0.6 is 23.1 Å². The van der Waals surface area contributed by atoms with E-state index in [1.165, 1.54) is 24.6 Å². The number of hydrogen-bond acceptors (Lipinski definition) is 7. The van der Waals surface area contributed by atoms with Crippen LogP contribution in [0.2, 0.25) is 0 Å². The molecule has 0 atom stereocenters. The largest absolute Gasteiger partial charge is 0.383 e. The summed E-state index contributed by atoms with van der Waals surface area (Å²) in [6.07, 6.45) is 2.34. The number of aryl methyl sites for hydroxylation is 1. The van der Waals surface area contributed by atoms with Crippen molar-refractivity contribution in [3.63, 3.8) is 0 Å². The number of nitrogens with zero attached hydrogens (tertiary/aromatic N) is 4. The van der Waals surface area contributed by atoms with Gasteiger partial charge in [-0.1, -0.05) is 11.3 Å². The second kappa shape index (κ2) is 4.47. The van der Waals surface area contributed by atoms with Crippen LogP contribution in [0.5, 0.6) is 0 Å². The van der Waals surface area contributed by atoms with Gasteiger partial charge in [0.25, 0.3) is 0 Å². The molecule has 1 saturated carbocycles. The molecular formula is C11H13N5S2. The number of nitrogens with two attached hydrogens (primary N) is 1. The summed E-state index contributed by atoms with van der Waals surface area (Å²) in [6.45, 7) is 3.89. The van der Waals surface area contributed by atoms with Crippen molar-refractivity contribution in [2.45, 2.75) is 42.0 Å². The lowest BCUT2D eigenvalue weighted by Gasteiger charge is -2.07. The van der Waals surface area contributed by atoms with E-state index in [1.54, 1.807) is 11.3 Å². The Morgan fingerprint density at radius 3 is 2.61 bits per heavy atom. The van der Waals surface area contributed by atoms with Gasteiger partial charge in [-0.05, 0) is 38.5 Å². The fraction of sp³-hybridized carbons (Fsp3) is 0.455. The van der Waals surface area contributed by atoms with Crippen LogP contribution in [0.15, 0.2) is 9.37 Å². The molecule has 5 nitrogen and oxygen atoms in total. The summed E-state index contributed by atoms with van der Waals surface area (Å²) < 4.78 is 0.899. The first kappa shape index (κ1) is 11.9. The smallest absolute Gasteiger partial charge is 0.180 e. The fourth-order valence-electron chi connectivity index (χ4n) is 1.56. The van der Waals surface area contributed by atoms with E-state index in [4.69, 9.17) is 5.73 Å². The molecule has 1 aliphatic rings. The lowest BCUT2D eigenvalue weighted by molar-refractivity contribution is 0.867. The van der Waals surface area contributed by atoms with Crippen LogP contribution < -0.4 is 5.73 Å². The van der Waals surface area contributed by atoms with Gasteiger partial charge in [-0.3, -0.25) is 0 Å². The summed E-state index contributed by atoms with van der Waals surface area (Å²) in [6, 6.07) is 0. The molecule has 0 unspecified atom stereocenters. The Morgan fingerprint density at radius 1 is 1.22 bits per heavy atom. The van der Waals surface area contributed by atoms with Gasteiger partial charge in [0.1, 0.15) is 21.7 Å². The zero-order chi connectivity index (χ0) is 12.7. The van der Waals surface area contributed by atoms with Crippen molar-refractivity contribution in [3.05, 3.63) is 16.4 Å². The Balaban J connectivity index is 1.94. The summed E-state index contributed by atoms with van der Waals surface area (Å²) in [7, 11) is 0. The average Bonchev–Trinajstić information content (AvgIpc) is 3.10. The van der Waals surface area contributed by atoms with Crippen molar-refractivity contribution in [3.8, 4) is 0 Å². The molecular weight excluding hydrogens is 266 g/mol. The van der Waals surface area contributed by atoms with Crippen LogP contribution in [0.1, 0.15) is 35.2 Å². The first-order chi connectivity index (χ1) is 8.63. The van der Waals surface area contributed by atoms with E-state index < -0.39 is 0 Å². The normalized spacial score (nSPS) is 15.0. The molecule has 94 valence electrons. The average molecular weight is 279 g/mol. The highest BCUT2D eigenvalue weighted by Crippen LogP contribution is 2.40. The maximum absolute atomic E-state index is 5.95. The van der Waals surface area contributed by atoms with Gasteiger partial charge in [0.2, 0.25) is 0 Å². The second-order valence-electron chi connectivity index (χ2n) is 4.36. The summed E-state index contributed by atoms with van der Waals surface area (Å²) in [5.41, 5.74) is 6.88. The zero-order valence-corrected chi connectivity index (χ0v) is 11.8. The van der Waals surface area contributed by atoms with E-state index in [0.717, 1.165) is 25.8 Å². The van der Waals surface area contributed by atoms with Crippen LogP contribution in [0.3, 0.4) is 0 Å². The third-order valence-corrected chi connectivity index (χ3v) is 4.77. The van der Waals surface area contributed by atoms with E-state index in [0.29, 0.717) is 11.7 Å². The number of rotatable bonds is 3. The van der Waals surface area contributed by atoms with Crippen LogP contribution in [0.4, 0.5) is 5.82 Å². The van der Waals surface area contributed by atoms with Crippen molar-refractivity contribution in [2.75, 3.05) is 5.73 Å². The Bertz CT molecular complexity index is 591. The van der Waals surface area contributed by atoms with Crippen molar-refractivity contribution >= 4 is 28.9 Å². The van der Waals surface area contributed by atoms with Gasteiger partial charge < -0.3 is 5.73 Å². The minimum Gasteiger partial charge on any atom is -0.383 e. The lowest BCUT2D eigenvalue weighted by atomic mass is 10.3. The lowest BCUT2D eigenvalue weighted by Crippen LogP contribution is -2.03. The number of hydrogen-bond donors (Lipinski definition) is 1. The van der Waals surface area contributed by atoms with E-state index >= 15 is 0 Å². The van der Waals surface area contributed by atoms with Crippen molar-refractivity contribution < 1.29 is 0 Å². The van der Waals surface area contributed by atoms with E-state index in [2.05, 4.69) is 20.2 Å². The van der Waals surface area contributed by atoms with Gasteiger partial charge in [-0.2, -0.15) is 0 Å². The summed E-state index contributed by atoms with van der Waals surface area (Å²) in [4.78, 5) is 8.97. The molecule has 2 N–H and O–H groups in total. The molecule has 2 heterocycles. The number of nitrogen functional groups attached to an aromatic ring is 1. The number of aromatic nitrogens is 4. The third-order valence-electron chi connectivity index (χ3n) is 2.79. The molecule has 1 aliphatic carbocycles. The molecule has 2 aromatic rings. The Labute approximate surface area is 113 Å². The van der Waals surface area contributed by atoms with Gasteiger partial charge in [0.15, 0.2) is 4.34 Å². The molecule has 0 spiro atoms. The summed E-state index contributed by atoms with van der Waals surface area (Å²) in [5, 5.41) is 9.97. The molecule has 3 rings (SSSR count). The van der Waals surface area contributed by atoms with E-state index in [-0.39, 0.29) is 0 Å². The van der Waals surface area contributed by atoms with Gasteiger partial charge in [-0.25, -0.2) is 9.97 Å². The van der Waals surface area contributed by atoms with Gasteiger partial charge in [0.05, 0.1) is 0 Å². The van der Waals surface area contributed by atoms with Crippen LogP contribution in [-0.4, -0.2) is 20.2 Å². The topological polar surface area (TPSA) is 77.6 Å². The number of anilines is 1. The van der Waals surface area contributed by atoms with Gasteiger partial charge in [0, 0.05) is 11.5 Å². The highest BCUT2D eigenvalue weighted by Gasteiger charge is 2.28. The molecule has 7 heteroatoms. The van der Waals surface area contributed by atoms with Gasteiger partial charge >= 0.3 is 0 Å². The third kappa shape index (κ3) is 2.32. The SMILES string of the molecule is Cc1nnc(Sc2nc(C3CC3)nc(N)c2C)s1. The molecule has 0 amide bonds. The maximum atomic E-state index is 5.95. The standard InChI is InChI=1S/C11H13N5S2/c1-5-8(12)13-9(7-3-4-7)14-10(5)18-11-16-15-6(2)17-11/h7H,3-4H2,1-2H3,(H2,12,13,14). The molecule has 18 heavy (non-hydrogen) atoms. The van der Waals surface area contributed by atoms with Crippen LogP contribution in [-0.2, 0) is 0 Å². The molecule has 0 saturated heterocycles. The van der Waals surface area contributed by atoms with Crippen LogP contribution in [0, 0.1) is 13.8 Å². The molecule has 0 aromatic carbocycles. The highest BCUT2D eigenvalue weighted by molar-refractivity contribution is 8.01. The Kier molecular flexibility index (Phi) is 2.95. The first-order valence-corrected chi connectivity index (χ1v) is 7.38. The zero-order valence-electron chi connectivity index (χ0n) is 10.2. The Hall–Kier alpha value is -1.21. The molecule has 2 aromatic heterocycles. The van der Waals surface area contributed by atoms with Gasteiger partial charge in [-0.15, -0.1) is 10.2 Å². The maximum Gasteiger partial charge on any atom is 0.180 e. The molecule has 0 aliphatic heterocycles. The minimum absolute atomic E-state index is 0.503. The summed E-state index contributed by atoms with van der Waals surface area (Å²) in [5.74, 6) is 1.96. The predicted octanol–water partition coefficient (Wildman–Crippen LogP) is 2.56. The summed E-state index contributed by atoms with van der Waals surface area (Å²) >= 11 is 3.09. The van der Waals surface area contributed by atoms with Crippen molar-refractivity contribution in [2.24, 2.45) is 0 Å². The molecule has 0 bridgehead atoms. The fourth-order valence-corrected chi connectivity index (χ4v) is 3.38.